The number of likely N-dealkylation sites (tertiary alicyclic amines) is 1. The summed E-state index contributed by atoms with van der Waals surface area (Å²) in [5.74, 6) is 1.13. The number of hydrogen-bond acceptors (Lipinski definition) is 5. The molecule has 5 nitrogen and oxygen atoms in total. The highest BCUT2D eigenvalue weighted by atomic mass is 16.5. The van der Waals surface area contributed by atoms with Crippen molar-refractivity contribution in [1.29, 1.82) is 0 Å². The minimum atomic E-state index is -0.410. The third-order valence-electron chi connectivity index (χ3n) is 6.41. The summed E-state index contributed by atoms with van der Waals surface area (Å²) in [4.78, 5) is 15.0. The van der Waals surface area contributed by atoms with E-state index in [-0.39, 0.29) is 17.1 Å². The van der Waals surface area contributed by atoms with E-state index in [1.165, 1.54) is 0 Å². The van der Waals surface area contributed by atoms with Crippen LogP contribution in [-0.4, -0.2) is 49.1 Å². The van der Waals surface area contributed by atoms with Crippen molar-refractivity contribution in [3.8, 4) is 11.5 Å². The maximum absolute atomic E-state index is 12.7. The maximum Gasteiger partial charge on any atom is 0.198 e. The standard InChI is InChI=1S/C19H23NO4/c1-20-9-8-18-10-13(21)15(24-3)11-19(18,20)7-6-12-4-5-14(23-2)17(22)16(12)18/h4-5,11,22H,6-10H2,1-3H3. The highest BCUT2D eigenvalue weighted by molar-refractivity contribution is 5.97. The predicted molar refractivity (Wildman–Crippen MR) is 89.4 cm³/mol. The molecule has 4 rings (SSSR count). The molecule has 0 spiro atoms. The molecule has 1 saturated heterocycles. The summed E-state index contributed by atoms with van der Waals surface area (Å²) < 4.78 is 10.7. The van der Waals surface area contributed by atoms with Crippen molar-refractivity contribution in [2.24, 2.45) is 0 Å². The number of ketones is 1. The van der Waals surface area contributed by atoms with Gasteiger partial charge in [-0.05, 0) is 50.6 Å². The molecule has 1 N–H and O–H groups in total. The number of hydrogen-bond donors (Lipinski definition) is 1. The molecule has 0 saturated carbocycles. The van der Waals surface area contributed by atoms with Gasteiger partial charge in [-0.2, -0.15) is 0 Å². The van der Waals surface area contributed by atoms with E-state index >= 15 is 0 Å². The molecule has 2 aliphatic carbocycles. The van der Waals surface area contributed by atoms with Gasteiger partial charge >= 0.3 is 0 Å². The lowest BCUT2D eigenvalue weighted by Gasteiger charge is -2.53. The fourth-order valence-corrected chi connectivity index (χ4v) is 5.24. The van der Waals surface area contributed by atoms with Crippen molar-refractivity contribution < 1.29 is 19.4 Å². The Morgan fingerprint density at radius 3 is 2.71 bits per heavy atom. The average Bonchev–Trinajstić information content (AvgIpc) is 2.87. The third kappa shape index (κ3) is 1.66. The van der Waals surface area contributed by atoms with Crippen molar-refractivity contribution in [1.82, 2.24) is 4.90 Å². The van der Waals surface area contributed by atoms with E-state index in [0.717, 1.165) is 36.9 Å². The summed E-state index contributed by atoms with van der Waals surface area (Å²) in [5.41, 5.74) is 1.33. The SMILES string of the molecule is COC1=CC23CCc4ccc(OC)c(O)c4C2(CCN3C)CC1=O. The van der Waals surface area contributed by atoms with Crippen molar-refractivity contribution >= 4 is 5.78 Å². The molecule has 0 amide bonds. The number of allylic oxidation sites excluding steroid dienone is 1. The quantitative estimate of drug-likeness (QED) is 0.901. The molecule has 24 heavy (non-hydrogen) atoms. The topological polar surface area (TPSA) is 59.0 Å². The Balaban J connectivity index is 2.02. The Morgan fingerprint density at radius 1 is 1.21 bits per heavy atom. The van der Waals surface area contributed by atoms with Gasteiger partial charge in [-0.25, -0.2) is 0 Å². The van der Waals surface area contributed by atoms with Crippen molar-refractivity contribution in [2.75, 3.05) is 27.8 Å². The average molecular weight is 329 g/mol. The van der Waals surface area contributed by atoms with Gasteiger partial charge in [0.2, 0.25) is 0 Å². The number of Topliss-reactive ketones (excluding diaryl/α,β-unsaturated/α-hetero) is 1. The van der Waals surface area contributed by atoms with Crippen LogP contribution in [0.1, 0.15) is 30.4 Å². The summed E-state index contributed by atoms with van der Waals surface area (Å²) in [6, 6.07) is 3.85. The molecule has 2 atom stereocenters. The van der Waals surface area contributed by atoms with Crippen molar-refractivity contribution in [2.45, 2.75) is 36.6 Å². The number of aryl methyl sites for hydroxylation is 1. The van der Waals surface area contributed by atoms with Gasteiger partial charge in [0.1, 0.15) is 0 Å². The first-order chi connectivity index (χ1) is 11.5. The second-order valence-corrected chi connectivity index (χ2v) is 7.14. The monoisotopic (exact) mass is 329 g/mol. The zero-order chi connectivity index (χ0) is 17.1. The first-order valence-corrected chi connectivity index (χ1v) is 8.40. The first-order valence-electron chi connectivity index (χ1n) is 8.40. The lowest BCUT2D eigenvalue weighted by molar-refractivity contribution is -0.122. The van der Waals surface area contributed by atoms with Gasteiger partial charge in [0.25, 0.3) is 0 Å². The molecule has 128 valence electrons. The van der Waals surface area contributed by atoms with Crippen LogP contribution in [0, 0.1) is 0 Å². The highest BCUT2D eigenvalue weighted by Crippen LogP contribution is 2.61. The highest BCUT2D eigenvalue weighted by Gasteiger charge is 2.64. The fourth-order valence-electron chi connectivity index (χ4n) is 5.24. The van der Waals surface area contributed by atoms with Gasteiger partial charge in [-0.3, -0.25) is 9.69 Å². The van der Waals surface area contributed by atoms with Crippen LogP contribution in [0.4, 0.5) is 0 Å². The molecule has 3 aliphatic rings. The molecule has 2 unspecified atom stereocenters. The van der Waals surface area contributed by atoms with Crippen LogP contribution in [0.25, 0.3) is 0 Å². The van der Waals surface area contributed by atoms with Crippen LogP contribution in [0.5, 0.6) is 11.5 Å². The summed E-state index contributed by atoms with van der Waals surface area (Å²) in [6.07, 6.45) is 5.00. The number of benzene rings is 1. The molecule has 5 heteroatoms. The van der Waals surface area contributed by atoms with Crippen LogP contribution >= 0.6 is 0 Å². The van der Waals surface area contributed by atoms with Crippen molar-refractivity contribution in [3.63, 3.8) is 0 Å². The molecule has 1 aliphatic heterocycles. The largest absolute Gasteiger partial charge is 0.504 e. The van der Waals surface area contributed by atoms with Gasteiger partial charge in [0.15, 0.2) is 23.0 Å². The van der Waals surface area contributed by atoms with Gasteiger partial charge in [0, 0.05) is 17.4 Å². The molecule has 0 bridgehead atoms. The van der Waals surface area contributed by atoms with E-state index in [4.69, 9.17) is 9.47 Å². The number of methoxy groups -OCH3 is 2. The molecule has 1 fully saturated rings. The van der Waals surface area contributed by atoms with Crippen LogP contribution in [0.15, 0.2) is 24.0 Å². The van der Waals surface area contributed by atoms with E-state index < -0.39 is 5.41 Å². The summed E-state index contributed by atoms with van der Waals surface area (Å²) in [6.45, 7) is 0.886. The van der Waals surface area contributed by atoms with E-state index in [2.05, 4.69) is 11.9 Å². The Labute approximate surface area is 141 Å². The van der Waals surface area contributed by atoms with Crippen molar-refractivity contribution in [3.05, 3.63) is 35.1 Å². The number of aromatic hydroxyl groups is 1. The molecule has 1 aromatic rings. The van der Waals surface area contributed by atoms with Gasteiger partial charge in [-0.15, -0.1) is 0 Å². The zero-order valence-corrected chi connectivity index (χ0v) is 14.4. The molecular weight excluding hydrogens is 306 g/mol. The number of carbonyl (C=O) groups excluding carboxylic acids is 1. The minimum absolute atomic E-state index is 0.0125. The Hall–Kier alpha value is -2.01. The number of carbonyl (C=O) groups is 1. The van der Waals surface area contributed by atoms with Gasteiger partial charge < -0.3 is 14.6 Å². The second kappa shape index (κ2) is 4.99. The summed E-state index contributed by atoms with van der Waals surface area (Å²) in [5, 5.41) is 10.9. The predicted octanol–water partition coefficient (Wildman–Crippen LogP) is 2.16. The fraction of sp³-hybridized carbons (Fsp3) is 0.526. The van der Waals surface area contributed by atoms with Crippen LogP contribution in [0.3, 0.4) is 0 Å². The summed E-state index contributed by atoms with van der Waals surface area (Å²) in [7, 11) is 5.22. The number of rotatable bonds is 2. The van der Waals surface area contributed by atoms with Crippen LogP contribution in [0.2, 0.25) is 0 Å². The lowest BCUT2D eigenvalue weighted by Crippen LogP contribution is -2.59. The number of ether oxygens (including phenoxy) is 2. The zero-order valence-electron chi connectivity index (χ0n) is 14.4. The Kier molecular flexibility index (Phi) is 3.23. The maximum atomic E-state index is 12.7. The molecule has 1 aromatic carbocycles. The summed E-state index contributed by atoms with van der Waals surface area (Å²) >= 11 is 0. The van der Waals surface area contributed by atoms with Crippen LogP contribution in [-0.2, 0) is 21.4 Å². The number of phenolic OH excluding ortho intramolecular Hbond substituents is 1. The number of likely N-dealkylation sites (N-methyl/N-ethyl adjacent to an activating group) is 1. The van der Waals surface area contributed by atoms with E-state index in [1.54, 1.807) is 14.2 Å². The minimum Gasteiger partial charge on any atom is -0.504 e. The molecule has 0 aromatic heterocycles. The third-order valence-corrected chi connectivity index (χ3v) is 6.41. The normalized spacial score (nSPS) is 31.8. The van der Waals surface area contributed by atoms with E-state index in [9.17, 15) is 9.90 Å². The van der Waals surface area contributed by atoms with E-state index in [1.807, 2.05) is 18.2 Å². The smallest absolute Gasteiger partial charge is 0.198 e. The number of nitrogens with zero attached hydrogens (tertiary/aromatic N) is 1. The molecule has 0 radical (unpaired) electrons. The first kappa shape index (κ1) is 15.5. The number of phenols is 1. The Morgan fingerprint density at radius 2 is 2.00 bits per heavy atom. The second-order valence-electron chi connectivity index (χ2n) is 7.14. The molecule has 1 heterocycles. The number of fused-ring (bicyclic) bond motifs is 1. The Bertz CT molecular complexity index is 756. The van der Waals surface area contributed by atoms with Crippen LogP contribution < -0.4 is 4.74 Å². The van der Waals surface area contributed by atoms with Gasteiger partial charge in [-0.1, -0.05) is 6.07 Å². The van der Waals surface area contributed by atoms with E-state index in [0.29, 0.717) is 17.9 Å². The lowest BCUT2D eigenvalue weighted by atomic mass is 9.54. The molecular formula is C19H23NO4. The van der Waals surface area contributed by atoms with Gasteiger partial charge in [0.05, 0.1) is 19.8 Å².